The molecular weight excluding hydrogens is 312 g/mol. The van der Waals surface area contributed by atoms with Crippen molar-refractivity contribution < 1.29 is 9.53 Å². The van der Waals surface area contributed by atoms with Gasteiger partial charge in [0.25, 0.3) is 5.56 Å². The maximum atomic E-state index is 12.3. The number of thiophene rings is 1. The molecule has 0 saturated heterocycles. The molecule has 3 rings (SSSR count). The van der Waals surface area contributed by atoms with Crippen molar-refractivity contribution in [3.63, 3.8) is 0 Å². The summed E-state index contributed by atoms with van der Waals surface area (Å²) in [7, 11) is 0. The molecule has 0 aliphatic rings. The molecule has 0 aliphatic heterocycles. The van der Waals surface area contributed by atoms with Gasteiger partial charge in [0.05, 0.1) is 10.9 Å². The van der Waals surface area contributed by atoms with E-state index < -0.39 is 12.1 Å². The fraction of sp³-hybridized carbons (Fsp3) is 0.235. The zero-order chi connectivity index (χ0) is 16.6. The summed E-state index contributed by atoms with van der Waals surface area (Å²) in [6.45, 7) is 5.56. The van der Waals surface area contributed by atoms with Gasteiger partial charge in [-0.25, -0.2) is 9.78 Å². The second-order valence-corrected chi connectivity index (χ2v) is 6.53. The largest absolute Gasteiger partial charge is 0.451 e. The molecular formula is C17H16N2O3S. The molecule has 2 aromatic heterocycles. The van der Waals surface area contributed by atoms with Gasteiger partial charge in [-0.15, -0.1) is 11.3 Å². The Kier molecular flexibility index (Phi) is 4.00. The van der Waals surface area contributed by atoms with Gasteiger partial charge >= 0.3 is 5.97 Å². The minimum Gasteiger partial charge on any atom is -0.451 e. The van der Waals surface area contributed by atoms with Crippen molar-refractivity contribution in [2.75, 3.05) is 0 Å². The van der Waals surface area contributed by atoms with Gasteiger partial charge in [0.1, 0.15) is 4.83 Å². The molecule has 0 fully saturated rings. The summed E-state index contributed by atoms with van der Waals surface area (Å²) in [4.78, 5) is 33.3. The fourth-order valence-electron chi connectivity index (χ4n) is 2.32. The summed E-state index contributed by atoms with van der Waals surface area (Å²) in [5, 5.41) is 0.609. The Labute approximate surface area is 137 Å². The van der Waals surface area contributed by atoms with Gasteiger partial charge in [-0.05, 0) is 38.5 Å². The van der Waals surface area contributed by atoms with Gasteiger partial charge in [-0.3, -0.25) is 4.79 Å². The van der Waals surface area contributed by atoms with Crippen LogP contribution in [0.15, 0.2) is 35.1 Å². The van der Waals surface area contributed by atoms with E-state index in [4.69, 9.17) is 4.74 Å². The van der Waals surface area contributed by atoms with Crippen molar-refractivity contribution in [3.05, 3.63) is 62.5 Å². The van der Waals surface area contributed by atoms with E-state index in [1.807, 2.05) is 19.9 Å². The van der Waals surface area contributed by atoms with Crippen molar-refractivity contribution in [1.82, 2.24) is 9.97 Å². The first-order valence-electron chi connectivity index (χ1n) is 7.23. The smallest absolute Gasteiger partial charge is 0.338 e. The standard InChI is InChI=1S/C17H16N2O3S/c1-9-11(3)23-16-13(9)15(20)18-14(19-16)10(2)22-17(21)12-7-5-4-6-8-12/h4-8,10H,1-3H3,(H,18,19,20)/t10-/m1/s1. The van der Waals surface area contributed by atoms with Crippen molar-refractivity contribution in [2.24, 2.45) is 0 Å². The molecule has 6 heteroatoms. The summed E-state index contributed by atoms with van der Waals surface area (Å²) < 4.78 is 5.40. The number of fused-ring (bicyclic) bond motifs is 1. The quantitative estimate of drug-likeness (QED) is 0.747. The molecule has 2 heterocycles. The van der Waals surface area contributed by atoms with Crippen LogP contribution >= 0.6 is 11.3 Å². The number of hydrogen-bond acceptors (Lipinski definition) is 5. The molecule has 1 atom stereocenters. The lowest BCUT2D eigenvalue weighted by Gasteiger charge is -2.12. The highest BCUT2D eigenvalue weighted by atomic mass is 32.1. The molecule has 23 heavy (non-hydrogen) atoms. The Hall–Kier alpha value is -2.47. The third kappa shape index (κ3) is 2.90. The van der Waals surface area contributed by atoms with Gasteiger partial charge in [-0.2, -0.15) is 0 Å². The van der Waals surface area contributed by atoms with Gasteiger partial charge in [0, 0.05) is 4.88 Å². The number of H-pyrrole nitrogens is 1. The van der Waals surface area contributed by atoms with E-state index in [-0.39, 0.29) is 5.56 Å². The summed E-state index contributed by atoms with van der Waals surface area (Å²) in [6, 6.07) is 8.73. The normalized spacial score (nSPS) is 12.3. The summed E-state index contributed by atoms with van der Waals surface area (Å²) in [6.07, 6.45) is -0.637. The number of aromatic nitrogens is 2. The van der Waals surface area contributed by atoms with Crippen LogP contribution in [0.1, 0.15) is 39.7 Å². The highest BCUT2D eigenvalue weighted by Crippen LogP contribution is 2.27. The lowest BCUT2D eigenvalue weighted by atomic mass is 10.2. The predicted molar refractivity (Wildman–Crippen MR) is 90.0 cm³/mol. The summed E-state index contributed by atoms with van der Waals surface area (Å²) in [5.41, 5.74) is 1.21. The van der Waals surface area contributed by atoms with Gasteiger partial charge in [-0.1, -0.05) is 18.2 Å². The molecule has 0 bridgehead atoms. The number of esters is 1. The zero-order valence-electron chi connectivity index (χ0n) is 13.0. The number of carbonyl (C=O) groups is 1. The molecule has 118 valence electrons. The molecule has 1 N–H and O–H groups in total. The first-order chi connectivity index (χ1) is 11.0. The summed E-state index contributed by atoms with van der Waals surface area (Å²) in [5.74, 6) is -0.0904. The van der Waals surface area contributed by atoms with E-state index in [2.05, 4.69) is 9.97 Å². The molecule has 0 radical (unpaired) electrons. The number of rotatable bonds is 3. The molecule has 0 aliphatic carbocycles. The van der Waals surface area contributed by atoms with Crippen LogP contribution in [-0.4, -0.2) is 15.9 Å². The van der Waals surface area contributed by atoms with E-state index in [0.29, 0.717) is 21.6 Å². The van der Waals surface area contributed by atoms with Gasteiger partial charge < -0.3 is 9.72 Å². The topological polar surface area (TPSA) is 72.0 Å². The minimum absolute atomic E-state index is 0.200. The van der Waals surface area contributed by atoms with E-state index in [9.17, 15) is 9.59 Å². The zero-order valence-corrected chi connectivity index (χ0v) is 13.9. The number of hydrogen-bond donors (Lipinski definition) is 1. The second-order valence-electron chi connectivity index (χ2n) is 5.33. The van der Waals surface area contributed by atoms with Crippen LogP contribution in [0.25, 0.3) is 10.2 Å². The van der Waals surface area contributed by atoms with Crippen molar-refractivity contribution in [1.29, 1.82) is 0 Å². The fourth-order valence-corrected chi connectivity index (χ4v) is 3.36. The maximum Gasteiger partial charge on any atom is 0.338 e. The predicted octanol–water partition coefficient (Wildman–Crippen LogP) is 3.52. The molecule has 1 aromatic carbocycles. The second kappa shape index (κ2) is 5.96. The Morgan fingerprint density at radius 3 is 2.65 bits per heavy atom. The molecule has 0 amide bonds. The minimum atomic E-state index is -0.637. The molecule has 0 saturated carbocycles. The van der Waals surface area contributed by atoms with Crippen LogP contribution in [-0.2, 0) is 4.74 Å². The number of aryl methyl sites for hydroxylation is 2. The van der Waals surface area contributed by atoms with Crippen LogP contribution in [0.5, 0.6) is 0 Å². The third-order valence-corrected chi connectivity index (χ3v) is 4.84. The molecule has 0 spiro atoms. The van der Waals surface area contributed by atoms with Crippen molar-refractivity contribution in [2.45, 2.75) is 26.9 Å². The SMILES string of the molecule is Cc1sc2nc([C@@H](C)OC(=O)c3ccccc3)[nH]c(=O)c2c1C. The highest BCUT2D eigenvalue weighted by molar-refractivity contribution is 7.18. The van der Waals surface area contributed by atoms with Gasteiger partial charge in [0.15, 0.2) is 11.9 Å². The Bertz CT molecular complexity index is 928. The first-order valence-corrected chi connectivity index (χ1v) is 8.05. The molecule has 0 unspecified atom stereocenters. The van der Waals surface area contributed by atoms with Crippen molar-refractivity contribution in [3.8, 4) is 0 Å². The summed E-state index contributed by atoms with van der Waals surface area (Å²) >= 11 is 1.47. The van der Waals surface area contributed by atoms with E-state index >= 15 is 0 Å². The first kappa shape index (κ1) is 15.4. The maximum absolute atomic E-state index is 12.3. The van der Waals surface area contributed by atoms with E-state index in [1.54, 1.807) is 31.2 Å². The number of nitrogens with one attached hydrogen (secondary N) is 1. The number of ether oxygens (including phenoxy) is 1. The van der Waals surface area contributed by atoms with E-state index in [1.165, 1.54) is 11.3 Å². The van der Waals surface area contributed by atoms with Crippen LogP contribution in [0.3, 0.4) is 0 Å². The highest BCUT2D eigenvalue weighted by Gasteiger charge is 2.18. The molecule has 3 aromatic rings. The monoisotopic (exact) mass is 328 g/mol. The third-order valence-electron chi connectivity index (χ3n) is 3.74. The van der Waals surface area contributed by atoms with Crippen molar-refractivity contribution >= 4 is 27.5 Å². The molecule has 5 nitrogen and oxygen atoms in total. The van der Waals surface area contributed by atoms with Crippen LogP contribution in [0, 0.1) is 13.8 Å². The Morgan fingerprint density at radius 2 is 1.96 bits per heavy atom. The number of benzene rings is 1. The van der Waals surface area contributed by atoms with Crippen LogP contribution < -0.4 is 5.56 Å². The average Bonchev–Trinajstić information content (AvgIpc) is 2.83. The van der Waals surface area contributed by atoms with Crippen LogP contribution in [0.4, 0.5) is 0 Å². The lowest BCUT2D eigenvalue weighted by molar-refractivity contribution is 0.0320. The lowest BCUT2D eigenvalue weighted by Crippen LogP contribution is -2.17. The van der Waals surface area contributed by atoms with Crippen LogP contribution in [0.2, 0.25) is 0 Å². The van der Waals surface area contributed by atoms with Gasteiger partial charge in [0.2, 0.25) is 0 Å². The van der Waals surface area contributed by atoms with E-state index in [0.717, 1.165) is 10.4 Å². The Morgan fingerprint density at radius 1 is 1.26 bits per heavy atom. The Balaban J connectivity index is 1.91. The number of aromatic amines is 1. The average molecular weight is 328 g/mol. The number of carbonyl (C=O) groups excluding carboxylic acids is 1. The number of nitrogens with zero attached hydrogens (tertiary/aromatic N) is 1.